The van der Waals surface area contributed by atoms with Crippen LogP contribution in [0.25, 0.3) is 0 Å². The Morgan fingerprint density at radius 3 is 2.86 bits per heavy atom. The van der Waals surface area contributed by atoms with Crippen LogP contribution in [0.1, 0.15) is 36.5 Å². The van der Waals surface area contributed by atoms with Gasteiger partial charge in [0.1, 0.15) is 0 Å². The summed E-state index contributed by atoms with van der Waals surface area (Å²) < 4.78 is 0. The van der Waals surface area contributed by atoms with Crippen molar-refractivity contribution in [2.75, 3.05) is 6.54 Å². The fraction of sp³-hybridized carbons (Fsp3) is 0.636. The highest BCUT2D eigenvalue weighted by atomic mass is 32.2. The van der Waals surface area contributed by atoms with E-state index in [-0.39, 0.29) is 0 Å². The van der Waals surface area contributed by atoms with Crippen molar-refractivity contribution in [3.63, 3.8) is 0 Å². The molecule has 3 heteroatoms. The molecule has 1 aromatic rings. The highest BCUT2D eigenvalue weighted by Crippen LogP contribution is 2.39. The molecule has 0 radical (unpaired) electrons. The van der Waals surface area contributed by atoms with Gasteiger partial charge in [0.05, 0.1) is 0 Å². The first-order valence-corrected chi connectivity index (χ1v) is 7.16. The fourth-order valence-electron chi connectivity index (χ4n) is 1.99. The van der Waals surface area contributed by atoms with Crippen molar-refractivity contribution in [2.45, 2.75) is 36.2 Å². The Morgan fingerprint density at radius 1 is 1.50 bits per heavy atom. The summed E-state index contributed by atoms with van der Waals surface area (Å²) in [5, 5.41) is 5.78. The molecule has 0 saturated heterocycles. The van der Waals surface area contributed by atoms with E-state index in [2.05, 4.69) is 28.6 Å². The van der Waals surface area contributed by atoms with E-state index in [0.29, 0.717) is 5.25 Å². The molecule has 1 atom stereocenters. The Kier molecular flexibility index (Phi) is 3.90. The minimum atomic E-state index is 0.532. The van der Waals surface area contributed by atoms with E-state index < -0.39 is 0 Å². The first-order valence-electron chi connectivity index (χ1n) is 5.28. The normalized spacial score (nSPS) is 20.1. The van der Waals surface area contributed by atoms with Gasteiger partial charge in [0.15, 0.2) is 0 Å². The zero-order valence-electron chi connectivity index (χ0n) is 8.32. The second-order valence-electron chi connectivity index (χ2n) is 3.82. The van der Waals surface area contributed by atoms with Crippen LogP contribution in [0.5, 0.6) is 0 Å². The lowest BCUT2D eigenvalue weighted by atomic mass is 10.2. The predicted molar refractivity (Wildman–Crippen MR) is 66.0 cm³/mol. The van der Waals surface area contributed by atoms with Gasteiger partial charge in [0.2, 0.25) is 0 Å². The van der Waals surface area contributed by atoms with Crippen LogP contribution < -0.4 is 5.73 Å². The maximum Gasteiger partial charge on any atom is 0.0430 e. The molecule has 0 aliphatic heterocycles. The number of thioether (sulfide) groups is 1. The summed E-state index contributed by atoms with van der Waals surface area (Å²) in [5.41, 5.74) is 7.25. The molecule has 14 heavy (non-hydrogen) atoms. The zero-order valence-corrected chi connectivity index (χ0v) is 9.95. The third kappa shape index (κ3) is 2.53. The van der Waals surface area contributed by atoms with Gasteiger partial charge >= 0.3 is 0 Å². The third-order valence-corrected chi connectivity index (χ3v) is 5.14. The number of nitrogens with two attached hydrogens (primary N) is 1. The molecule has 1 heterocycles. The van der Waals surface area contributed by atoms with Crippen molar-refractivity contribution in [2.24, 2.45) is 5.73 Å². The highest BCUT2D eigenvalue weighted by molar-refractivity contribution is 8.00. The van der Waals surface area contributed by atoms with Crippen LogP contribution in [0, 0.1) is 0 Å². The first kappa shape index (κ1) is 10.5. The molecular weight excluding hydrogens is 210 g/mol. The predicted octanol–water partition coefficient (Wildman–Crippen LogP) is 3.42. The van der Waals surface area contributed by atoms with E-state index in [1.165, 1.54) is 31.2 Å². The van der Waals surface area contributed by atoms with Crippen molar-refractivity contribution in [1.82, 2.24) is 0 Å². The summed E-state index contributed by atoms with van der Waals surface area (Å²) in [6.45, 7) is 0.776. The van der Waals surface area contributed by atoms with Gasteiger partial charge in [-0.2, -0.15) is 11.3 Å². The second-order valence-corrected chi connectivity index (χ2v) is 6.11. The minimum Gasteiger partial charge on any atom is -0.329 e. The SMILES string of the molecule is NCC(SC1CCCC1)c1ccsc1. The quantitative estimate of drug-likeness (QED) is 0.853. The summed E-state index contributed by atoms with van der Waals surface area (Å²) in [6.07, 6.45) is 5.62. The van der Waals surface area contributed by atoms with Crippen molar-refractivity contribution in [1.29, 1.82) is 0 Å². The molecule has 78 valence electrons. The van der Waals surface area contributed by atoms with Crippen LogP contribution in [0.15, 0.2) is 16.8 Å². The Balaban J connectivity index is 1.93. The molecule has 1 aromatic heterocycles. The Labute approximate surface area is 94.1 Å². The average molecular weight is 227 g/mol. The van der Waals surface area contributed by atoms with Gasteiger partial charge in [-0.05, 0) is 35.2 Å². The molecule has 0 bridgehead atoms. The molecule has 0 amide bonds. The van der Waals surface area contributed by atoms with Crippen LogP contribution in [0.2, 0.25) is 0 Å². The lowest BCUT2D eigenvalue weighted by molar-refractivity contribution is 0.875. The molecule has 2 rings (SSSR count). The lowest BCUT2D eigenvalue weighted by Crippen LogP contribution is -2.11. The number of rotatable bonds is 4. The number of hydrogen-bond acceptors (Lipinski definition) is 3. The molecular formula is C11H17NS2. The van der Waals surface area contributed by atoms with Crippen LogP contribution in [-0.2, 0) is 0 Å². The molecule has 1 aliphatic rings. The van der Waals surface area contributed by atoms with E-state index in [1.54, 1.807) is 11.3 Å². The third-order valence-electron chi connectivity index (χ3n) is 2.79. The standard InChI is InChI=1S/C11H17NS2/c12-7-11(9-5-6-13-8-9)14-10-3-1-2-4-10/h5-6,8,10-11H,1-4,7,12H2. The molecule has 1 unspecified atom stereocenters. The van der Waals surface area contributed by atoms with E-state index in [0.717, 1.165) is 11.8 Å². The Bertz CT molecular complexity index is 252. The van der Waals surface area contributed by atoms with Gasteiger partial charge in [-0.15, -0.1) is 11.8 Å². The van der Waals surface area contributed by atoms with Crippen molar-refractivity contribution >= 4 is 23.1 Å². The van der Waals surface area contributed by atoms with E-state index in [9.17, 15) is 0 Å². The largest absolute Gasteiger partial charge is 0.329 e. The Morgan fingerprint density at radius 2 is 2.29 bits per heavy atom. The van der Waals surface area contributed by atoms with E-state index in [4.69, 9.17) is 5.73 Å². The maximum atomic E-state index is 5.83. The average Bonchev–Trinajstić information content (AvgIpc) is 2.86. The van der Waals surface area contributed by atoms with Gasteiger partial charge in [-0.3, -0.25) is 0 Å². The van der Waals surface area contributed by atoms with Crippen molar-refractivity contribution < 1.29 is 0 Å². The molecule has 1 saturated carbocycles. The summed E-state index contributed by atoms with van der Waals surface area (Å²) in [6, 6.07) is 2.21. The smallest absolute Gasteiger partial charge is 0.0430 e. The number of hydrogen-bond donors (Lipinski definition) is 1. The molecule has 1 fully saturated rings. The highest BCUT2D eigenvalue weighted by Gasteiger charge is 2.20. The van der Waals surface area contributed by atoms with Crippen LogP contribution in [0.3, 0.4) is 0 Å². The van der Waals surface area contributed by atoms with Gasteiger partial charge in [0.25, 0.3) is 0 Å². The monoisotopic (exact) mass is 227 g/mol. The molecule has 1 nitrogen and oxygen atoms in total. The molecule has 2 N–H and O–H groups in total. The van der Waals surface area contributed by atoms with Gasteiger partial charge < -0.3 is 5.73 Å². The van der Waals surface area contributed by atoms with Crippen LogP contribution in [0.4, 0.5) is 0 Å². The van der Waals surface area contributed by atoms with Crippen LogP contribution in [-0.4, -0.2) is 11.8 Å². The van der Waals surface area contributed by atoms with Crippen molar-refractivity contribution in [3.05, 3.63) is 22.4 Å². The van der Waals surface area contributed by atoms with Crippen LogP contribution >= 0.6 is 23.1 Å². The minimum absolute atomic E-state index is 0.532. The summed E-state index contributed by atoms with van der Waals surface area (Å²) >= 11 is 3.86. The topological polar surface area (TPSA) is 26.0 Å². The number of thiophene rings is 1. The van der Waals surface area contributed by atoms with Gasteiger partial charge in [0, 0.05) is 17.0 Å². The Hall–Kier alpha value is 0.01000. The first-order chi connectivity index (χ1) is 6.90. The summed E-state index contributed by atoms with van der Waals surface area (Å²) in [7, 11) is 0. The lowest BCUT2D eigenvalue weighted by Gasteiger charge is -2.17. The molecule has 0 spiro atoms. The van der Waals surface area contributed by atoms with Gasteiger partial charge in [-0.1, -0.05) is 12.8 Å². The summed E-state index contributed by atoms with van der Waals surface area (Å²) in [5.74, 6) is 0. The van der Waals surface area contributed by atoms with E-state index >= 15 is 0 Å². The van der Waals surface area contributed by atoms with Gasteiger partial charge in [-0.25, -0.2) is 0 Å². The fourth-order valence-corrected chi connectivity index (χ4v) is 4.27. The molecule has 0 aromatic carbocycles. The van der Waals surface area contributed by atoms with Crippen molar-refractivity contribution in [3.8, 4) is 0 Å². The second kappa shape index (κ2) is 5.19. The van der Waals surface area contributed by atoms with E-state index in [1.807, 2.05) is 0 Å². The summed E-state index contributed by atoms with van der Waals surface area (Å²) in [4.78, 5) is 0. The maximum absolute atomic E-state index is 5.83. The zero-order chi connectivity index (χ0) is 9.80. The molecule has 1 aliphatic carbocycles.